The molecule has 0 unspecified atom stereocenters. The molecule has 104 valence electrons. The third-order valence-corrected chi connectivity index (χ3v) is 2.89. The lowest BCUT2D eigenvalue weighted by atomic mass is 10.2. The van der Waals surface area contributed by atoms with Crippen LogP contribution >= 0.6 is 0 Å². The second kappa shape index (κ2) is 6.56. The molecule has 1 heterocycles. The number of hydrazone groups is 1. The number of carbonyl (C=O) groups is 1. The predicted octanol–water partition coefficient (Wildman–Crippen LogP) is 1.73. The molecule has 0 radical (unpaired) electrons. The van der Waals surface area contributed by atoms with Crippen LogP contribution in [-0.4, -0.2) is 23.8 Å². The minimum atomic E-state index is -0.147. The number of nitrogens with zero attached hydrogens (tertiary/aromatic N) is 2. The van der Waals surface area contributed by atoms with E-state index in [0.717, 1.165) is 17.0 Å². The lowest BCUT2D eigenvalue weighted by molar-refractivity contribution is -0.120. The van der Waals surface area contributed by atoms with Gasteiger partial charge >= 0.3 is 0 Å². The van der Waals surface area contributed by atoms with E-state index in [4.69, 9.17) is 4.74 Å². The standard InChI is InChI=1S/C15H17N3O2/c1-18-8-4-6-13(18)10-15(19)17-16-11-12-5-3-7-14(9-12)20-2/h3-9,11H,10H2,1-2H3,(H,17,19)/b16-11-. The van der Waals surface area contributed by atoms with E-state index in [2.05, 4.69) is 10.5 Å². The number of ether oxygens (including phenoxy) is 1. The molecule has 0 atom stereocenters. The van der Waals surface area contributed by atoms with Crippen LogP contribution < -0.4 is 10.2 Å². The fourth-order valence-corrected chi connectivity index (χ4v) is 1.78. The smallest absolute Gasteiger partial charge is 0.245 e. The summed E-state index contributed by atoms with van der Waals surface area (Å²) in [6, 6.07) is 11.3. The summed E-state index contributed by atoms with van der Waals surface area (Å²) in [5.74, 6) is 0.607. The highest BCUT2D eigenvalue weighted by molar-refractivity contribution is 5.83. The van der Waals surface area contributed by atoms with Gasteiger partial charge in [0, 0.05) is 18.9 Å². The molecule has 0 saturated heterocycles. The number of rotatable bonds is 5. The second-order valence-corrected chi connectivity index (χ2v) is 4.36. The van der Waals surface area contributed by atoms with Gasteiger partial charge in [0.05, 0.1) is 19.7 Å². The Morgan fingerprint density at radius 2 is 2.25 bits per heavy atom. The first-order valence-electron chi connectivity index (χ1n) is 6.25. The quantitative estimate of drug-likeness (QED) is 0.665. The molecule has 0 aliphatic carbocycles. The Balaban J connectivity index is 1.89. The Morgan fingerprint density at radius 1 is 1.40 bits per heavy atom. The lowest BCUT2D eigenvalue weighted by Gasteiger charge is -2.02. The molecule has 2 rings (SSSR count). The maximum absolute atomic E-state index is 11.7. The zero-order chi connectivity index (χ0) is 14.4. The Kier molecular flexibility index (Phi) is 4.55. The van der Waals surface area contributed by atoms with Crippen molar-refractivity contribution in [2.45, 2.75) is 6.42 Å². The monoisotopic (exact) mass is 271 g/mol. The summed E-state index contributed by atoms with van der Waals surface area (Å²) in [5.41, 5.74) is 4.32. The van der Waals surface area contributed by atoms with Crippen LogP contribution in [0.5, 0.6) is 5.75 Å². The molecule has 1 amide bonds. The van der Waals surface area contributed by atoms with Gasteiger partial charge < -0.3 is 9.30 Å². The van der Waals surface area contributed by atoms with E-state index >= 15 is 0 Å². The van der Waals surface area contributed by atoms with Gasteiger partial charge in [-0.25, -0.2) is 5.43 Å². The molecule has 0 aliphatic rings. The molecule has 0 fully saturated rings. The highest BCUT2D eigenvalue weighted by atomic mass is 16.5. The van der Waals surface area contributed by atoms with Crippen LogP contribution in [0.2, 0.25) is 0 Å². The van der Waals surface area contributed by atoms with Gasteiger partial charge in [-0.1, -0.05) is 12.1 Å². The van der Waals surface area contributed by atoms with Crippen LogP contribution in [0.4, 0.5) is 0 Å². The molecule has 5 nitrogen and oxygen atoms in total. The molecule has 0 aliphatic heterocycles. The van der Waals surface area contributed by atoms with E-state index < -0.39 is 0 Å². The fraction of sp³-hybridized carbons (Fsp3) is 0.200. The average molecular weight is 271 g/mol. The Labute approximate surface area is 117 Å². The van der Waals surface area contributed by atoms with Gasteiger partial charge in [0.2, 0.25) is 5.91 Å². The Morgan fingerprint density at radius 3 is 2.95 bits per heavy atom. The first-order valence-corrected chi connectivity index (χ1v) is 6.25. The van der Waals surface area contributed by atoms with Gasteiger partial charge in [0.25, 0.3) is 0 Å². The van der Waals surface area contributed by atoms with Gasteiger partial charge in [-0.3, -0.25) is 4.79 Å². The van der Waals surface area contributed by atoms with Crippen molar-refractivity contribution in [3.8, 4) is 5.75 Å². The van der Waals surface area contributed by atoms with E-state index in [1.807, 2.05) is 54.2 Å². The Hall–Kier alpha value is -2.56. The van der Waals surface area contributed by atoms with Crippen molar-refractivity contribution < 1.29 is 9.53 Å². The summed E-state index contributed by atoms with van der Waals surface area (Å²) in [6.45, 7) is 0. The van der Waals surface area contributed by atoms with Crippen molar-refractivity contribution in [2.24, 2.45) is 12.1 Å². The predicted molar refractivity (Wildman–Crippen MR) is 77.8 cm³/mol. The van der Waals surface area contributed by atoms with Crippen molar-refractivity contribution in [3.05, 3.63) is 53.9 Å². The molecule has 20 heavy (non-hydrogen) atoms. The van der Waals surface area contributed by atoms with Crippen LogP contribution in [0.15, 0.2) is 47.7 Å². The molecule has 1 aromatic heterocycles. The zero-order valence-corrected chi connectivity index (χ0v) is 11.5. The van der Waals surface area contributed by atoms with Crippen molar-refractivity contribution in [3.63, 3.8) is 0 Å². The summed E-state index contributed by atoms with van der Waals surface area (Å²) in [7, 11) is 3.51. The van der Waals surface area contributed by atoms with Crippen molar-refractivity contribution in [1.82, 2.24) is 9.99 Å². The van der Waals surface area contributed by atoms with Gasteiger partial charge in [0.1, 0.15) is 5.75 Å². The summed E-state index contributed by atoms with van der Waals surface area (Å²) < 4.78 is 7.02. The van der Waals surface area contributed by atoms with Crippen LogP contribution in [-0.2, 0) is 18.3 Å². The first-order chi connectivity index (χ1) is 9.69. The maximum Gasteiger partial charge on any atom is 0.245 e. The molecule has 2 aromatic rings. The number of aromatic nitrogens is 1. The van der Waals surface area contributed by atoms with Crippen molar-refractivity contribution in [2.75, 3.05) is 7.11 Å². The number of carbonyl (C=O) groups excluding carboxylic acids is 1. The number of benzene rings is 1. The number of hydrogen-bond donors (Lipinski definition) is 1. The topological polar surface area (TPSA) is 55.6 Å². The van der Waals surface area contributed by atoms with E-state index in [0.29, 0.717) is 6.42 Å². The molecular formula is C15H17N3O2. The number of methoxy groups -OCH3 is 1. The minimum absolute atomic E-state index is 0.147. The van der Waals surface area contributed by atoms with E-state index in [1.165, 1.54) is 0 Å². The summed E-state index contributed by atoms with van der Waals surface area (Å²) in [4.78, 5) is 11.7. The number of amides is 1. The average Bonchev–Trinajstić information content (AvgIpc) is 2.84. The van der Waals surface area contributed by atoms with E-state index in [1.54, 1.807) is 13.3 Å². The normalized spacial score (nSPS) is 10.7. The highest BCUT2D eigenvalue weighted by Crippen LogP contribution is 2.10. The van der Waals surface area contributed by atoms with Crippen molar-refractivity contribution in [1.29, 1.82) is 0 Å². The third kappa shape index (κ3) is 3.71. The number of hydrogen-bond acceptors (Lipinski definition) is 3. The molecule has 5 heteroatoms. The molecule has 0 bridgehead atoms. The summed E-state index contributed by atoms with van der Waals surface area (Å²) >= 11 is 0. The van der Waals surface area contributed by atoms with E-state index in [-0.39, 0.29) is 5.91 Å². The van der Waals surface area contributed by atoms with Crippen LogP contribution in [0.25, 0.3) is 0 Å². The SMILES string of the molecule is COc1cccc(/C=N\NC(=O)Cc2cccn2C)c1. The molecule has 1 aromatic carbocycles. The van der Waals surface area contributed by atoms with Gasteiger partial charge in [-0.15, -0.1) is 0 Å². The Bertz CT molecular complexity index is 617. The molecule has 1 N–H and O–H groups in total. The summed E-state index contributed by atoms with van der Waals surface area (Å²) in [6.07, 6.45) is 3.80. The maximum atomic E-state index is 11.7. The molecular weight excluding hydrogens is 254 g/mol. The van der Waals surface area contributed by atoms with Crippen LogP contribution in [0, 0.1) is 0 Å². The highest BCUT2D eigenvalue weighted by Gasteiger charge is 2.04. The molecule has 0 spiro atoms. The largest absolute Gasteiger partial charge is 0.497 e. The third-order valence-electron chi connectivity index (χ3n) is 2.89. The van der Waals surface area contributed by atoms with Crippen LogP contribution in [0.3, 0.4) is 0 Å². The zero-order valence-electron chi connectivity index (χ0n) is 11.5. The number of aryl methyl sites for hydroxylation is 1. The van der Waals surface area contributed by atoms with Gasteiger partial charge in [0.15, 0.2) is 0 Å². The first kappa shape index (κ1) is 13.9. The molecule has 0 saturated carbocycles. The van der Waals surface area contributed by atoms with Crippen LogP contribution in [0.1, 0.15) is 11.3 Å². The van der Waals surface area contributed by atoms with Crippen molar-refractivity contribution >= 4 is 12.1 Å². The fourth-order valence-electron chi connectivity index (χ4n) is 1.78. The van der Waals surface area contributed by atoms with Gasteiger partial charge in [-0.2, -0.15) is 5.10 Å². The van der Waals surface area contributed by atoms with Gasteiger partial charge in [-0.05, 0) is 29.8 Å². The lowest BCUT2D eigenvalue weighted by Crippen LogP contribution is -2.20. The number of nitrogens with one attached hydrogen (secondary N) is 1. The summed E-state index contributed by atoms with van der Waals surface area (Å²) in [5, 5.41) is 3.94. The second-order valence-electron chi connectivity index (χ2n) is 4.36. The minimum Gasteiger partial charge on any atom is -0.497 e. The van der Waals surface area contributed by atoms with E-state index in [9.17, 15) is 4.79 Å².